The van der Waals surface area contributed by atoms with E-state index in [1.165, 1.54) is 58.0 Å². The van der Waals surface area contributed by atoms with Crippen LogP contribution in [0.1, 0.15) is 51.9 Å². The van der Waals surface area contributed by atoms with E-state index in [2.05, 4.69) is 31.2 Å². The number of unbranched alkanes of at least 4 members (excludes halogenated alkanes) is 4. The van der Waals surface area contributed by atoms with Crippen molar-refractivity contribution in [3.05, 3.63) is 0 Å². The quantitative estimate of drug-likeness (QED) is 0.576. The largest absolute Gasteiger partial charge is 0.314 e. The molecule has 0 saturated heterocycles. The molecular formula is C14H30N2. The van der Waals surface area contributed by atoms with E-state index in [0.717, 1.165) is 12.0 Å². The first-order valence-electron chi connectivity index (χ1n) is 7.08. The first-order chi connectivity index (χ1) is 7.70. The van der Waals surface area contributed by atoms with Crippen molar-refractivity contribution in [3.63, 3.8) is 0 Å². The molecule has 1 atom stereocenters. The van der Waals surface area contributed by atoms with E-state index in [1.54, 1.807) is 0 Å². The second-order valence-corrected chi connectivity index (χ2v) is 5.65. The zero-order chi connectivity index (χ0) is 11.8. The predicted molar refractivity (Wildman–Crippen MR) is 71.8 cm³/mol. The molecule has 0 bridgehead atoms. The van der Waals surface area contributed by atoms with Gasteiger partial charge in [0.2, 0.25) is 0 Å². The zero-order valence-electron chi connectivity index (χ0n) is 11.5. The number of rotatable bonds is 10. The maximum atomic E-state index is 3.65. The maximum absolute atomic E-state index is 3.65. The topological polar surface area (TPSA) is 15.3 Å². The maximum Gasteiger partial charge on any atom is 0.00669 e. The van der Waals surface area contributed by atoms with Crippen LogP contribution in [0.5, 0.6) is 0 Å². The summed E-state index contributed by atoms with van der Waals surface area (Å²) >= 11 is 0. The molecule has 1 fully saturated rings. The van der Waals surface area contributed by atoms with Crippen LogP contribution in [0, 0.1) is 5.92 Å². The predicted octanol–water partition coefficient (Wildman–Crippen LogP) is 2.89. The van der Waals surface area contributed by atoms with Crippen molar-refractivity contribution in [2.24, 2.45) is 5.92 Å². The van der Waals surface area contributed by atoms with Crippen LogP contribution in [0.4, 0.5) is 0 Å². The molecule has 1 aliphatic carbocycles. The van der Waals surface area contributed by atoms with Gasteiger partial charge in [0, 0.05) is 6.04 Å². The third kappa shape index (κ3) is 7.24. The molecule has 0 heterocycles. The van der Waals surface area contributed by atoms with E-state index in [9.17, 15) is 0 Å². The van der Waals surface area contributed by atoms with Crippen molar-refractivity contribution < 1.29 is 0 Å². The van der Waals surface area contributed by atoms with E-state index in [-0.39, 0.29) is 0 Å². The first-order valence-corrected chi connectivity index (χ1v) is 7.08. The molecule has 0 aromatic rings. The summed E-state index contributed by atoms with van der Waals surface area (Å²) in [6.45, 7) is 4.82. The highest BCUT2D eigenvalue weighted by atomic mass is 15.0. The fraction of sp³-hybridized carbons (Fsp3) is 1.00. The lowest BCUT2D eigenvalue weighted by Gasteiger charge is -2.12. The van der Waals surface area contributed by atoms with Gasteiger partial charge < -0.3 is 10.2 Å². The van der Waals surface area contributed by atoms with Gasteiger partial charge in [-0.3, -0.25) is 0 Å². The summed E-state index contributed by atoms with van der Waals surface area (Å²) in [6, 6.07) is 0.772. The van der Waals surface area contributed by atoms with Crippen LogP contribution in [0.3, 0.4) is 0 Å². The third-order valence-corrected chi connectivity index (χ3v) is 3.58. The molecule has 0 amide bonds. The Kier molecular flexibility index (Phi) is 7.06. The minimum absolute atomic E-state index is 0.772. The molecule has 1 rings (SSSR count). The van der Waals surface area contributed by atoms with Crippen LogP contribution in [0.2, 0.25) is 0 Å². The molecule has 0 aromatic heterocycles. The standard InChI is InChI=1S/C14H30N2/c1-13(14-9-10-14)15-11-7-5-4-6-8-12-16(2)3/h13-15H,4-12H2,1-3H3. The fourth-order valence-corrected chi connectivity index (χ4v) is 2.18. The Morgan fingerprint density at radius 3 is 2.31 bits per heavy atom. The van der Waals surface area contributed by atoms with Crippen molar-refractivity contribution in [2.45, 2.75) is 57.9 Å². The average Bonchev–Trinajstić information content (AvgIpc) is 3.04. The second kappa shape index (κ2) is 8.08. The third-order valence-electron chi connectivity index (χ3n) is 3.58. The summed E-state index contributed by atoms with van der Waals surface area (Å²) in [4.78, 5) is 2.28. The molecule has 0 aromatic carbocycles. The Hall–Kier alpha value is -0.0800. The van der Waals surface area contributed by atoms with Gasteiger partial charge in [0.15, 0.2) is 0 Å². The van der Waals surface area contributed by atoms with E-state index in [0.29, 0.717) is 0 Å². The van der Waals surface area contributed by atoms with Gasteiger partial charge >= 0.3 is 0 Å². The zero-order valence-corrected chi connectivity index (χ0v) is 11.5. The van der Waals surface area contributed by atoms with Crippen LogP contribution in [0.15, 0.2) is 0 Å². The van der Waals surface area contributed by atoms with Gasteiger partial charge in [-0.25, -0.2) is 0 Å². The van der Waals surface area contributed by atoms with Crippen LogP contribution in [-0.2, 0) is 0 Å². The summed E-state index contributed by atoms with van der Waals surface area (Å²) in [5.74, 6) is 1.00. The van der Waals surface area contributed by atoms with Gasteiger partial charge in [0.1, 0.15) is 0 Å². The molecule has 96 valence electrons. The molecule has 1 N–H and O–H groups in total. The fourth-order valence-electron chi connectivity index (χ4n) is 2.18. The van der Waals surface area contributed by atoms with Crippen LogP contribution in [-0.4, -0.2) is 38.1 Å². The highest BCUT2D eigenvalue weighted by molar-refractivity contribution is 4.82. The summed E-state index contributed by atoms with van der Waals surface area (Å²) in [5, 5.41) is 3.65. The molecular weight excluding hydrogens is 196 g/mol. The number of nitrogens with zero attached hydrogens (tertiary/aromatic N) is 1. The normalized spacial score (nSPS) is 18.0. The van der Waals surface area contributed by atoms with E-state index < -0.39 is 0 Å². The molecule has 1 aliphatic rings. The minimum Gasteiger partial charge on any atom is -0.314 e. The summed E-state index contributed by atoms with van der Waals surface area (Å²) in [6.07, 6.45) is 9.84. The van der Waals surface area contributed by atoms with Gasteiger partial charge in [0.05, 0.1) is 0 Å². The highest BCUT2D eigenvalue weighted by Crippen LogP contribution is 2.32. The Bertz CT molecular complexity index is 164. The average molecular weight is 226 g/mol. The lowest BCUT2D eigenvalue weighted by molar-refractivity contribution is 0.388. The Morgan fingerprint density at radius 1 is 1.06 bits per heavy atom. The van der Waals surface area contributed by atoms with Gasteiger partial charge in [-0.1, -0.05) is 19.3 Å². The lowest BCUT2D eigenvalue weighted by atomic mass is 10.1. The van der Waals surface area contributed by atoms with Crippen LogP contribution >= 0.6 is 0 Å². The molecule has 2 nitrogen and oxygen atoms in total. The monoisotopic (exact) mass is 226 g/mol. The van der Waals surface area contributed by atoms with Crippen molar-refractivity contribution in [2.75, 3.05) is 27.2 Å². The molecule has 0 spiro atoms. The number of hydrogen-bond acceptors (Lipinski definition) is 2. The summed E-state index contributed by atoms with van der Waals surface area (Å²) in [7, 11) is 4.31. The first kappa shape index (κ1) is 14.0. The van der Waals surface area contributed by atoms with Crippen LogP contribution in [0.25, 0.3) is 0 Å². The molecule has 0 radical (unpaired) electrons. The van der Waals surface area contributed by atoms with Gasteiger partial charge in [-0.2, -0.15) is 0 Å². The van der Waals surface area contributed by atoms with Crippen molar-refractivity contribution >= 4 is 0 Å². The molecule has 1 saturated carbocycles. The van der Waals surface area contributed by atoms with Crippen molar-refractivity contribution in [1.82, 2.24) is 10.2 Å². The van der Waals surface area contributed by atoms with E-state index in [4.69, 9.17) is 0 Å². The SMILES string of the molecule is CC(NCCCCCCCN(C)C)C1CC1. The molecule has 2 heteroatoms. The Balaban J connectivity index is 1.74. The smallest absolute Gasteiger partial charge is 0.00669 e. The van der Waals surface area contributed by atoms with E-state index >= 15 is 0 Å². The number of hydrogen-bond donors (Lipinski definition) is 1. The molecule has 1 unspecified atom stereocenters. The van der Waals surface area contributed by atoms with Crippen molar-refractivity contribution in [3.8, 4) is 0 Å². The van der Waals surface area contributed by atoms with E-state index in [1.807, 2.05) is 0 Å². The Labute approximate surface area is 102 Å². The van der Waals surface area contributed by atoms with Gasteiger partial charge in [-0.05, 0) is 65.7 Å². The minimum atomic E-state index is 0.772. The van der Waals surface area contributed by atoms with Crippen LogP contribution < -0.4 is 5.32 Å². The molecule has 16 heavy (non-hydrogen) atoms. The molecule has 0 aliphatic heterocycles. The van der Waals surface area contributed by atoms with Gasteiger partial charge in [0.25, 0.3) is 0 Å². The number of nitrogens with one attached hydrogen (secondary N) is 1. The summed E-state index contributed by atoms with van der Waals surface area (Å²) in [5.41, 5.74) is 0. The lowest BCUT2D eigenvalue weighted by Crippen LogP contribution is -2.28. The second-order valence-electron chi connectivity index (χ2n) is 5.65. The summed E-state index contributed by atoms with van der Waals surface area (Å²) < 4.78 is 0. The highest BCUT2D eigenvalue weighted by Gasteiger charge is 2.26. The Morgan fingerprint density at radius 2 is 1.69 bits per heavy atom. The van der Waals surface area contributed by atoms with Crippen molar-refractivity contribution in [1.29, 1.82) is 0 Å². The van der Waals surface area contributed by atoms with Gasteiger partial charge in [-0.15, -0.1) is 0 Å².